The minimum absolute atomic E-state index is 1.06. The molecule has 4 heteroatoms. The minimum atomic E-state index is 1.06. The molecule has 0 atom stereocenters. The fraction of sp³-hybridized carbons (Fsp3) is 0.186. The van der Waals surface area contributed by atoms with Gasteiger partial charge in [0, 0.05) is 51.2 Å². The summed E-state index contributed by atoms with van der Waals surface area (Å²) in [4.78, 5) is 7.16. The van der Waals surface area contributed by atoms with Gasteiger partial charge in [-0.15, -0.1) is 0 Å². The van der Waals surface area contributed by atoms with Crippen LogP contribution >= 0.6 is 0 Å². The number of nitrogens with one attached hydrogen (secondary N) is 1. The maximum absolute atomic E-state index is 3.71. The summed E-state index contributed by atoms with van der Waals surface area (Å²) in [5.41, 5.74) is 26.1. The van der Waals surface area contributed by atoms with Gasteiger partial charge in [-0.1, -0.05) is 88.5 Å². The smallest absolute Gasteiger partial charge is 0.0520 e. The molecule has 1 N–H and O–H groups in total. The summed E-state index contributed by atoms with van der Waals surface area (Å²) in [7, 11) is 0. The molecule has 0 heterocycles. The fourth-order valence-electron chi connectivity index (χ4n) is 9.42. The summed E-state index contributed by atoms with van der Waals surface area (Å²) in [6, 6.07) is 58.2. The standard InChI is InChI=1S/C59H60N4/c1-38-12-18-50(19-13-38)61(51-24-28-55(29-25-51)62(53-20-14-39(2)15-21-53)58-45(8)34-41(4)35-46(58)9)52-26-30-56(31-27-52)63(59-47(10)36-42(5)37-48(59)11)54-22-16-49(17-23-54)60-57-43(6)32-40(3)33-44(57)7/h12-37,60H,1-11H3. The van der Waals surface area contributed by atoms with E-state index in [1.165, 1.54) is 78.3 Å². The van der Waals surface area contributed by atoms with Crippen LogP contribution in [0.1, 0.15) is 61.2 Å². The Balaban J connectivity index is 1.18. The van der Waals surface area contributed by atoms with Gasteiger partial charge in [0.15, 0.2) is 0 Å². The van der Waals surface area contributed by atoms with Crippen molar-refractivity contribution in [3.05, 3.63) is 219 Å². The average Bonchev–Trinajstić information content (AvgIpc) is 3.24. The van der Waals surface area contributed by atoms with Crippen molar-refractivity contribution in [2.75, 3.05) is 20.0 Å². The first-order valence-corrected chi connectivity index (χ1v) is 22.1. The third kappa shape index (κ3) is 8.99. The molecule has 0 aliphatic heterocycles. The topological polar surface area (TPSA) is 21.8 Å². The average molecular weight is 825 g/mol. The Kier molecular flexibility index (Phi) is 12.0. The van der Waals surface area contributed by atoms with Crippen LogP contribution in [0.4, 0.5) is 62.6 Å². The van der Waals surface area contributed by atoms with E-state index in [1.807, 2.05) is 0 Å². The quantitative estimate of drug-likeness (QED) is 0.140. The van der Waals surface area contributed by atoms with Crippen LogP contribution in [0.3, 0.4) is 0 Å². The van der Waals surface area contributed by atoms with Gasteiger partial charge in [0.1, 0.15) is 0 Å². The molecule has 0 saturated heterocycles. The van der Waals surface area contributed by atoms with Gasteiger partial charge in [0.2, 0.25) is 0 Å². The second-order valence-corrected chi connectivity index (χ2v) is 17.7. The monoisotopic (exact) mass is 824 g/mol. The summed E-state index contributed by atoms with van der Waals surface area (Å²) in [6.07, 6.45) is 0. The molecule has 0 aliphatic rings. The highest BCUT2D eigenvalue weighted by atomic mass is 15.2. The summed E-state index contributed by atoms with van der Waals surface area (Å²) < 4.78 is 0. The highest BCUT2D eigenvalue weighted by Crippen LogP contribution is 2.44. The van der Waals surface area contributed by atoms with Crippen molar-refractivity contribution >= 4 is 62.6 Å². The van der Waals surface area contributed by atoms with Gasteiger partial charge < -0.3 is 20.0 Å². The van der Waals surface area contributed by atoms with Crippen LogP contribution in [0.15, 0.2) is 158 Å². The van der Waals surface area contributed by atoms with Crippen LogP contribution in [0, 0.1) is 76.2 Å². The number of aryl methyl sites for hydroxylation is 11. The molecule has 0 fully saturated rings. The van der Waals surface area contributed by atoms with Gasteiger partial charge in [-0.25, -0.2) is 0 Å². The van der Waals surface area contributed by atoms with Gasteiger partial charge in [-0.3, -0.25) is 0 Å². The van der Waals surface area contributed by atoms with E-state index in [1.54, 1.807) is 0 Å². The highest BCUT2D eigenvalue weighted by Gasteiger charge is 2.21. The third-order valence-corrected chi connectivity index (χ3v) is 12.1. The maximum atomic E-state index is 3.71. The number of benzene rings is 8. The normalized spacial score (nSPS) is 11.1. The molecular formula is C59H60N4. The van der Waals surface area contributed by atoms with Gasteiger partial charge in [0.05, 0.1) is 11.4 Å². The number of anilines is 11. The number of nitrogens with zero attached hydrogens (tertiary/aromatic N) is 3. The van der Waals surface area contributed by atoms with E-state index in [-0.39, 0.29) is 0 Å². The molecule has 0 unspecified atom stereocenters. The van der Waals surface area contributed by atoms with E-state index < -0.39 is 0 Å². The van der Waals surface area contributed by atoms with Gasteiger partial charge in [-0.2, -0.15) is 0 Å². The molecule has 4 nitrogen and oxygen atoms in total. The van der Waals surface area contributed by atoms with Gasteiger partial charge in [-0.05, 0) is 207 Å². The summed E-state index contributed by atoms with van der Waals surface area (Å²) in [5, 5.41) is 3.71. The van der Waals surface area contributed by atoms with Gasteiger partial charge >= 0.3 is 0 Å². The lowest BCUT2D eigenvalue weighted by atomic mass is 10.0. The van der Waals surface area contributed by atoms with E-state index in [4.69, 9.17) is 0 Å². The van der Waals surface area contributed by atoms with Crippen LogP contribution in [0.2, 0.25) is 0 Å². The van der Waals surface area contributed by atoms with E-state index in [0.717, 1.165) is 45.5 Å². The van der Waals surface area contributed by atoms with Crippen molar-refractivity contribution in [1.82, 2.24) is 0 Å². The first-order chi connectivity index (χ1) is 30.2. The van der Waals surface area contributed by atoms with Crippen molar-refractivity contribution in [2.45, 2.75) is 76.2 Å². The lowest BCUT2D eigenvalue weighted by Gasteiger charge is -2.31. The molecule has 0 saturated carbocycles. The molecule has 8 aromatic carbocycles. The molecule has 0 bridgehead atoms. The molecule has 0 radical (unpaired) electrons. The fourth-order valence-corrected chi connectivity index (χ4v) is 9.42. The van der Waals surface area contributed by atoms with Crippen molar-refractivity contribution in [2.24, 2.45) is 0 Å². The molecule has 316 valence electrons. The Bertz CT molecular complexity index is 2820. The largest absolute Gasteiger partial charge is 0.355 e. The zero-order chi connectivity index (χ0) is 44.5. The lowest BCUT2D eigenvalue weighted by Crippen LogP contribution is -2.15. The Morgan fingerprint density at radius 1 is 0.254 bits per heavy atom. The maximum Gasteiger partial charge on any atom is 0.0520 e. The van der Waals surface area contributed by atoms with E-state index in [2.05, 4.69) is 254 Å². The van der Waals surface area contributed by atoms with Crippen LogP contribution < -0.4 is 20.0 Å². The zero-order valence-corrected chi connectivity index (χ0v) is 38.9. The second-order valence-electron chi connectivity index (χ2n) is 17.7. The Labute approximate surface area is 376 Å². The molecule has 0 amide bonds. The first-order valence-electron chi connectivity index (χ1n) is 22.1. The molecule has 8 rings (SSSR count). The summed E-state index contributed by atoms with van der Waals surface area (Å²) in [6.45, 7) is 24.0. The molecule has 0 aliphatic carbocycles. The van der Waals surface area contributed by atoms with Crippen molar-refractivity contribution < 1.29 is 0 Å². The summed E-state index contributed by atoms with van der Waals surface area (Å²) >= 11 is 0. The molecule has 0 aromatic heterocycles. The number of hydrogen-bond donors (Lipinski definition) is 1. The van der Waals surface area contributed by atoms with Crippen LogP contribution in [-0.2, 0) is 0 Å². The predicted molar refractivity (Wildman–Crippen MR) is 272 cm³/mol. The summed E-state index contributed by atoms with van der Waals surface area (Å²) in [5.74, 6) is 0. The number of rotatable bonds is 11. The minimum Gasteiger partial charge on any atom is -0.355 e. The van der Waals surface area contributed by atoms with Crippen molar-refractivity contribution in [3.8, 4) is 0 Å². The van der Waals surface area contributed by atoms with Crippen LogP contribution in [0.25, 0.3) is 0 Å². The highest BCUT2D eigenvalue weighted by molar-refractivity contribution is 5.86. The Hall–Kier alpha value is -7.04. The first kappa shape index (κ1) is 42.6. The Morgan fingerprint density at radius 2 is 0.492 bits per heavy atom. The zero-order valence-electron chi connectivity index (χ0n) is 38.9. The van der Waals surface area contributed by atoms with Crippen LogP contribution in [-0.4, -0.2) is 0 Å². The molecule has 0 spiro atoms. The molecule has 8 aromatic rings. The third-order valence-electron chi connectivity index (χ3n) is 12.1. The Morgan fingerprint density at radius 3 is 0.794 bits per heavy atom. The van der Waals surface area contributed by atoms with Gasteiger partial charge in [0.25, 0.3) is 0 Å². The van der Waals surface area contributed by atoms with Crippen LogP contribution in [0.5, 0.6) is 0 Å². The number of hydrogen-bond acceptors (Lipinski definition) is 4. The predicted octanol–water partition coefficient (Wildman–Crippen LogP) is 17.2. The van der Waals surface area contributed by atoms with Crippen molar-refractivity contribution in [1.29, 1.82) is 0 Å². The molecular weight excluding hydrogens is 765 g/mol. The lowest BCUT2D eigenvalue weighted by molar-refractivity contribution is 1.19. The SMILES string of the molecule is Cc1ccc(N(c2ccc(N(c3ccc(C)cc3)c3c(C)cc(C)cc3C)cc2)c2ccc(N(c3ccc(Nc4c(C)cc(C)cc4C)cc3)c3c(C)cc(C)cc3C)cc2)cc1. The van der Waals surface area contributed by atoms with E-state index in [9.17, 15) is 0 Å². The van der Waals surface area contributed by atoms with E-state index >= 15 is 0 Å². The molecule has 63 heavy (non-hydrogen) atoms. The second kappa shape index (κ2) is 17.7. The van der Waals surface area contributed by atoms with E-state index in [0.29, 0.717) is 0 Å². The van der Waals surface area contributed by atoms with Crippen molar-refractivity contribution in [3.63, 3.8) is 0 Å².